The van der Waals surface area contributed by atoms with Gasteiger partial charge >= 0.3 is 0 Å². The lowest BCUT2D eigenvalue weighted by Crippen LogP contribution is -2.36. The first-order valence-corrected chi connectivity index (χ1v) is 6.68. The number of benzene rings is 1. The van der Waals surface area contributed by atoms with E-state index in [0.29, 0.717) is 5.69 Å². The number of rotatable bonds is 3. The second-order valence-corrected chi connectivity index (χ2v) is 5.13. The van der Waals surface area contributed by atoms with Crippen molar-refractivity contribution in [3.8, 4) is 0 Å². The molecular weight excluding hydrogens is 274 g/mol. The monoisotopic (exact) mass is 293 g/mol. The zero-order valence-corrected chi connectivity index (χ0v) is 12.9. The van der Waals surface area contributed by atoms with Crippen molar-refractivity contribution in [3.63, 3.8) is 0 Å². The van der Waals surface area contributed by atoms with Gasteiger partial charge in [-0.05, 0) is 30.4 Å². The summed E-state index contributed by atoms with van der Waals surface area (Å²) >= 11 is 5.07. The average Bonchev–Trinajstić information content (AvgIpc) is 2.37. The fourth-order valence-electron chi connectivity index (χ4n) is 1.39. The van der Waals surface area contributed by atoms with Gasteiger partial charge < -0.3 is 15.5 Å². The molecule has 0 radical (unpaired) electrons. The minimum atomic E-state index is -0.139. The zero-order valence-electron chi connectivity index (χ0n) is 12.1. The molecule has 6 heteroatoms. The maximum Gasteiger partial charge on any atom is 0.228 e. The van der Waals surface area contributed by atoms with Gasteiger partial charge in [0, 0.05) is 31.3 Å². The second kappa shape index (κ2) is 7.00. The Bertz CT molecular complexity index is 529. The van der Waals surface area contributed by atoms with Gasteiger partial charge in [0.25, 0.3) is 0 Å². The Morgan fingerprint density at radius 1 is 1.30 bits per heavy atom. The zero-order chi connectivity index (χ0) is 15.3. The molecule has 1 aromatic carbocycles. The summed E-state index contributed by atoms with van der Waals surface area (Å²) in [6.45, 7) is 5.08. The number of hydrogen-bond acceptors (Lipinski definition) is 3. The predicted molar refractivity (Wildman–Crippen MR) is 84.7 cm³/mol. The molecule has 0 aliphatic heterocycles. The third-order valence-corrected chi connectivity index (χ3v) is 2.93. The number of thiocarbonyl (C=S) groups is 1. The first-order chi connectivity index (χ1) is 9.31. The second-order valence-electron chi connectivity index (χ2n) is 4.73. The van der Waals surface area contributed by atoms with Crippen LogP contribution in [0.5, 0.6) is 0 Å². The van der Waals surface area contributed by atoms with Crippen molar-refractivity contribution in [1.29, 1.82) is 0 Å². The molecular formula is C14H19N3O2S. The van der Waals surface area contributed by atoms with E-state index in [1.165, 1.54) is 11.8 Å². The highest BCUT2D eigenvalue weighted by Gasteiger charge is 2.10. The van der Waals surface area contributed by atoms with E-state index < -0.39 is 0 Å². The van der Waals surface area contributed by atoms with E-state index in [9.17, 15) is 9.59 Å². The fraction of sp³-hybridized carbons (Fsp3) is 0.357. The summed E-state index contributed by atoms with van der Waals surface area (Å²) in [7, 11) is 1.69. The van der Waals surface area contributed by atoms with Crippen molar-refractivity contribution in [1.82, 2.24) is 5.32 Å². The largest absolute Gasteiger partial charge is 0.332 e. The SMILES string of the molecule is CC(=O)N(C)c1cccc(NC(=S)NC(=O)C(C)C)c1. The van der Waals surface area contributed by atoms with Gasteiger partial charge in [-0.15, -0.1) is 0 Å². The van der Waals surface area contributed by atoms with Crippen molar-refractivity contribution in [3.05, 3.63) is 24.3 Å². The fourth-order valence-corrected chi connectivity index (χ4v) is 1.61. The first-order valence-electron chi connectivity index (χ1n) is 6.27. The van der Waals surface area contributed by atoms with Gasteiger partial charge in [0.1, 0.15) is 0 Å². The molecule has 0 aliphatic rings. The Hall–Kier alpha value is -1.95. The van der Waals surface area contributed by atoms with Crippen LogP contribution in [0.1, 0.15) is 20.8 Å². The number of nitrogens with one attached hydrogen (secondary N) is 2. The Morgan fingerprint density at radius 2 is 1.95 bits per heavy atom. The van der Waals surface area contributed by atoms with Gasteiger partial charge in [0.05, 0.1) is 0 Å². The van der Waals surface area contributed by atoms with Crippen LogP contribution < -0.4 is 15.5 Å². The smallest absolute Gasteiger partial charge is 0.228 e. The van der Waals surface area contributed by atoms with E-state index in [1.54, 1.807) is 27.0 Å². The van der Waals surface area contributed by atoms with Crippen molar-refractivity contribution in [2.75, 3.05) is 17.3 Å². The van der Waals surface area contributed by atoms with Gasteiger partial charge in [-0.3, -0.25) is 9.59 Å². The van der Waals surface area contributed by atoms with Crippen molar-refractivity contribution >= 4 is 40.5 Å². The summed E-state index contributed by atoms with van der Waals surface area (Å²) in [5, 5.41) is 5.77. The summed E-state index contributed by atoms with van der Waals surface area (Å²) in [6, 6.07) is 7.23. The van der Waals surface area contributed by atoms with Crippen LogP contribution in [0.25, 0.3) is 0 Å². The Kier molecular flexibility index (Phi) is 5.64. The van der Waals surface area contributed by atoms with E-state index in [-0.39, 0.29) is 22.8 Å². The van der Waals surface area contributed by atoms with E-state index >= 15 is 0 Å². The minimum Gasteiger partial charge on any atom is -0.332 e. The van der Waals surface area contributed by atoms with Crippen LogP contribution in [-0.4, -0.2) is 24.0 Å². The Balaban J connectivity index is 2.74. The molecule has 0 aliphatic carbocycles. The van der Waals surface area contributed by atoms with Gasteiger partial charge in [0.15, 0.2) is 5.11 Å². The van der Waals surface area contributed by atoms with Gasteiger partial charge in [0.2, 0.25) is 11.8 Å². The molecule has 0 unspecified atom stereocenters. The molecule has 0 atom stereocenters. The van der Waals surface area contributed by atoms with Crippen LogP contribution >= 0.6 is 12.2 Å². The highest BCUT2D eigenvalue weighted by atomic mass is 32.1. The average molecular weight is 293 g/mol. The number of nitrogens with zero attached hydrogens (tertiary/aromatic N) is 1. The number of hydrogen-bond donors (Lipinski definition) is 2. The summed E-state index contributed by atoms with van der Waals surface area (Å²) in [5.41, 5.74) is 1.46. The predicted octanol–water partition coefficient (Wildman–Crippen LogP) is 2.14. The molecule has 5 nitrogen and oxygen atoms in total. The quantitative estimate of drug-likeness (QED) is 0.838. The van der Waals surface area contributed by atoms with Crippen LogP contribution in [0.2, 0.25) is 0 Å². The van der Waals surface area contributed by atoms with Gasteiger partial charge in [-0.2, -0.15) is 0 Å². The third-order valence-electron chi connectivity index (χ3n) is 2.72. The number of amides is 2. The molecule has 1 rings (SSSR count). The van der Waals surface area contributed by atoms with Crippen molar-refractivity contribution in [2.45, 2.75) is 20.8 Å². The minimum absolute atomic E-state index is 0.0576. The lowest BCUT2D eigenvalue weighted by molar-refractivity contribution is -0.122. The molecule has 0 aromatic heterocycles. The lowest BCUT2D eigenvalue weighted by atomic mass is 10.2. The van der Waals surface area contributed by atoms with E-state index in [1.807, 2.05) is 18.2 Å². The molecule has 1 aromatic rings. The van der Waals surface area contributed by atoms with Crippen LogP contribution in [0.4, 0.5) is 11.4 Å². The number of anilines is 2. The summed E-state index contributed by atoms with van der Waals surface area (Å²) < 4.78 is 0. The number of carbonyl (C=O) groups excluding carboxylic acids is 2. The van der Waals surface area contributed by atoms with Crippen molar-refractivity contribution in [2.24, 2.45) is 5.92 Å². The van der Waals surface area contributed by atoms with Crippen LogP contribution in [0, 0.1) is 5.92 Å². The molecule has 0 fully saturated rings. The lowest BCUT2D eigenvalue weighted by Gasteiger charge is -2.17. The Labute approximate surface area is 124 Å². The topological polar surface area (TPSA) is 61.4 Å². The van der Waals surface area contributed by atoms with Gasteiger partial charge in [-0.25, -0.2) is 0 Å². The molecule has 0 saturated heterocycles. The molecule has 0 spiro atoms. The highest BCUT2D eigenvalue weighted by Crippen LogP contribution is 2.18. The van der Waals surface area contributed by atoms with Crippen LogP contribution in [-0.2, 0) is 9.59 Å². The summed E-state index contributed by atoms with van der Waals surface area (Å²) in [4.78, 5) is 24.4. The van der Waals surface area contributed by atoms with E-state index in [4.69, 9.17) is 12.2 Å². The van der Waals surface area contributed by atoms with E-state index in [2.05, 4.69) is 10.6 Å². The maximum atomic E-state index is 11.5. The standard InChI is InChI=1S/C14H19N3O2S/c1-9(2)13(19)16-14(20)15-11-6-5-7-12(8-11)17(4)10(3)18/h5-9H,1-4H3,(H2,15,16,19,20). The van der Waals surface area contributed by atoms with Crippen LogP contribution in [0.15, 0.2) is 24.3 Å². The summed E-state index contributed by atoms with van der Waals surface area (Å²) in [5.74, 6) is -0.331. The highest BCUT2D eigenvalue weighted by molar-refractivity contribution is 7.80. The molecule has 2 amide bonds. The van der Waals surface area contributed by atoms with Crippen molar-refractivity contribution < 1.29 is 9.59 Å². The van der Waals surface area contributed by atoms with E-state index in [0.717, 1.165) is 5.69 Å². The summed E-state index contributed by atoms with van der Waals surface area (Å²) in [6.07, 6.45) is 0. The van der Waals surface area contributed by atoms with Gasteiger partial charge in [-0.1, -0.05) is 19.9 Å². The third kappa shape index (κ3) is 4.62. The molecule has 2 N–H and O–H groups in total. The normalized spacial score (nSPS) is 10.1. The van der Waals surface area contributed by atoms with Crippen LogP contribution in [0.3, 0.4) is 0 Å². The maximum absolute atomic E-state index is 11.5. The molecule has 108 valence electrons. The Morgan fingerprint density at radius 3 is 2.50 bits per heavy atom. The molecule has 0 heterocycles. The first kappa shape index (κ1) is 16.1. The number of carbonyl (C=O) groups is 2. The molecule has 20 heavy (non-hydrogen) atoms. The molecule has 0 bridgehead atoms. The molecule has 0 saturated carbocycles.